The molecule has 0 bridgehead atoms. The summed E-state index contributed by atoms with van der Waals surface area (Å²) in [6, 6.07) is 20.4. The molecule has 0 radical (unpaired) electrons. The fourth-order valence-corrected chi connectivity index (χ4v) is 3.01. The van der Waals surface area contributed by atoms with E-state index in [-0.39, 0.29) is 11.6 Å². The Morgan fingerprint density at radius 2 is 1.69 bits per heavy atom. The van der Waals surface area contributed by atoms with E-state index >= 15 is 0 Å². The fraction of sp³-hybridized carbons (Fsp3) is 0.0455. The molecule has 0 aliphatic carbocycles. The molecule has 0 fully saturated rings. The van der Waals surface area contributed by atoms with Crippen LogP contribution in [0.15, 0.2) is 72.8 Å². The number of nitrogens with one attached hydrogen (secondary N) is 1. The molecule has 1 heterocycles. The molecule has 0 aliphatic rings. The van der Waals surface area contributed by atoms with Gasteiger partial charge < -0.3 is 5.32 Å². The van der Waals surface area contributed by atoms with E-state index in [1.165, 1.54) is 24.3 Å². The van der Waals surface area contributed by atoms with Crippen molar-refractivity contribution in [3.05, 3.63) is 95.0 Å². The fourth-order valence-electron chi connectivity index (χ4n) is 2.88. The summed E-state index contributed by atoms with van der Waals surface area (Å²) >= 11 is 6.00. The molecule has 0 spiro atoms. The van der Waals surface area contributed by atoms with E-state index in [1.54, 1.807) is 16.8 Å². The van der Waals surface area contributed by atoms with Crippen LogP contribution in [0.3, 0.4) is 0 Å². The molecule has 1 amide bonds. The monoisotopic (exact) mass is 406 g/mol. The Morgan fingerprint density at radius 1 is 1.00 bits per heavy atom. The quantitative estimate of drug-likeness (QED) is 0.501. The highest BCUT2D eigenvalue weighted by atomic mass is 35.5. The van der Waals surface area contributed by atoms with Gasteiger partial charge in [0.05, 0.1) is 5.69 Å². The number of para-hydroxylation sites is 1. The number of amides is 1. The standard InChI is InChI=1S/C22H16ClFN4O/c1-14-4-2-3-5-19(14)28-21(15-6-8-16(23)9-7-15)26-20(27-28)22(29)25-18-12-10-17(24)11-13-18/h2-13H,1H3,(H,25,29). The van der Waals surface area contributed by atoms with E-state index in [9.17, 15) is 9.18 Å². The van der Waals surface area contributed by atoms with Crippen molar-refractivity contribution in [2.24, 2.45) is 0 Å². The van der Waals surface area contributed by atoms with Gasteiger partial charge in [-0.05, 0) is 67.1 Å². The van der Waals surface area contributed by atoms with Crippen LogP contribution in [-0.4, -0.2) is 20.7 Å². The van der Waals surface area contributed by atoms with Crippen LogP contribution >= 0.6 is 11.6 Å². The van der Waals surface area contributed by atoms with Crippen molar-refractivity contribution in [2.45, 2.75) is 6.92 Å². The average Bonchev–Trinajstić information content (AvgIpc) is 3.16. The van der Waals surface area contributed by atoms with Crippen molar-refractivity contribution < 1.29 is 9.18 Å². The normalized spacial score (nSPS) is 10.7. The number of rotatable bonds is 4. The summed E-state index contributed by atoms with van der Waals surface area (Å²) in [7, 11) is 0. The Bertz CT molecular complexity index is 1170. The van der Waals surface area contributed by atoms with Crippen molar-refractivity contribution in [1.82, 2.24) is 14.8 Å². The van der Waals surface area contributed by atoms with Gasteiger partial charge in [0.15, 0.2) is 5.82 Å². The lowest BCUT2D eigenvalue weighted by Gasteiger charge is -2.08. The van der Waals surface area contributed by atoms with Crippen LogP contribution in [0.4, 0.5) is 10.1 Å². The zero-order chi connectivity index (χ0) is 20.4. The molecule has 0 atom stereocenters. The van der Waals surface area contributed by atoms with Gasteiger partial charge in [-0.1, -0.05) is 29.8 Å². The molecule has 5 nitrogen and oxygen atoms in total. The third-order valence-corrected chi connectivity index (χ3v) is 4.61. The number of carbonyl (C=O) groups excluding carboxylic acids is 1. The topological polar surface area (TPSA) is 59.8 Å². The summed E-state index contributed by atoms with van der Waals surface area (Å²) in [6.45, 7) is 1.96. The second-order valence-corrected chi connectivity index (χ2v) is 6.86. The Hall–Kier alpha value is -3.51. The third-order valence-electron chi connectivity index (χ3n) is 4.36. The number of aryl methyl sites for hydroxylation is 1. The van der Waals surface area contributed by atoms with E-state index in [4.69, 9.17) is 11.6 Å². The molecular formula is C22H16ClFN4O. The molecule has 4 rings (SSSR count). The van der Waals surface area contributed by atoms with Crippen LogP contribution in [-0.2, 0) is 0 Å². The molecule has 4 aromatic rings. The lowest BCUT2D eigenvalue weighted by molar-refractivity contribution is 0.101. The molecule has 29 heavy (non-hydrogen) atoms. The van der Waals surface area contributed by atoms with Crippen LogP contribution in [0.25, 0.3) is 17.1 Å². The van der Waals surface area contributed by atoms with Crippen molar-refractivity contribution in [2.75, 3.05) is 5.32 Å². The highest BCUT2D eigenvalue weighted by molar-refractivity contribution is 6.30. The highest BCUT2D eigenvalue weighted by Gasteiger charge is 2.19. The molecule has 1 aromatic heterocycles. The molecule has 0 saturated carbocycles. The van der Waals surface area contributed by atoms with Gasteiger partial charge in [-0.2, -0.15) is 0 Å². The van der Waals surface area contributed by atoms with E-state index in [1.807, 2.05) is 43.3 Å². The summed E-state index contributed by atoms with van der Waals surface area (Å²) in [5, 5.41) is 7.73. The SMILES string of the molecule is Cc1ccccc1-n1nc(C(=O)Nc2ccc(F)cc2)nc1-c1ccc(Cl)cc1. The second-order valence-electron chi connectivity index (χ2n) is 6.43. The minimum atomic E-state index is -0.487. The molecule has 0 unspecified atom stereocenters. The average molecular weight is 407 g/mol. The van der Waals surface area contributed by atoms with E-state index < -0.39 is 5.91 Å². The second kappa shape index (κ2) is 7.85. The predicted molar refractivity (Wildman–Crippen MR) is 111 cm³/mol. The summed E-state index contributed by atoms with van der Waals surface area (Å²) in [4.78, 5) is 17.2. The first-order valence-corrected chi connectivity index (χ1v) is 9.25. The van der Waals surface area contributed by atoms with Crippen LogP contribution in [0, 0.1) is 12.7 Å². The zero-order valence-corrected chi connectivity index (χ0v) is 16.2. The first-order chi connectivity index (χ1) is 14.0. The van der Waals surface area contributed by atoms with Gasteiger partial charge in [0.25, 0.3) is 5.91 Å². The van der Waals surface area contributed by atoms with Crippen molar-refractivity contribution in [3.8, 4) is 17.1 Å². The predicted octanol–water partition coefficient (Wildman–Crippen LogP) is 5.29. The van der Waals surface area contributed by atoms with E-state index in [2.05, 4.69) is 15.4 Å². The van der Waals surface area contributed by atoms with Crippen molar-refractivity contribution >= 4 is 23.2 Å². The van der Waals surface area contributed by atoms with Crippen LogP contribution in [0.1, 0.15) is 16.2 Å². The maximum atomic E-state index is 13.1. The van der Waals surface area contributed by atoms with Gasteiger partial charge in [0.1, 0.15) is 5.82 Å². The molecule has 0 saturated heterocycles. The lowest BCUT2D eigenvalue weighted by Crippen LogP contribution is -2.14. The Kier molecular flexibility index (Phi) is 5.10. The van der Waals surface area contributed by atoms with Gasteiger partial charge in [0.2, 0.25) is 5.82 Å². The summed E-state index contributed by atoms with van der Waals surface area (Å²) < 4.78 is 14.7. The van der Waals surface area contributed by atoms with E-state index in [0.717, 1.165) is 16.8 Å². The first kappa shape index (κ1) is 18.8. The number of benzene rings is 3. The maximum Gasteiger partial charge on any atom is 0.295 e. The minimum Gasteiger partial charge on any atom is -0.319 e. The largest absolute Gasteiger partial charge is 0.319 e. The Morgan fingerprint density at radius 3 is 2.38 bits per heavy atom. The maximum absolute atomic E-state index is 13.1. The van der Waals surface area contributed by atoms with Crippen molar-refractivity contribution in [1.29, 1.82) is 0 Å². The Labute approximate surface area is 171 Å². The number of carbonyl (C=O) groups is 1. The summed E-state index contributed by atoms with van der Waals surface area (Å²) in [5.41, 5.74) is 3.02. The molecule has 0 aliphatic heterocycles. The lowest BCUT2D eigenvalue weighted by atomic mass is 10.2. The highest BCUT2D eigenvalue weighted by Crippen LogP contribution is 2.25. The third kappa shape index (κ3) is 4.02. The molecule has 144 valence electrons. The molecule has 3 aromatic carbocycles. The van der Waals surface area contributed by atoms with E-state index in [0.29, 0.717) is 16.5 Å². The number of hydrogen-bond acceptors (Lipinski definition) is 3. The van der Waals surface area contributed by atoms with Crippen LogP contribution in [0.2, 0.25) is 5.02 Å². The summed E-state index contributed by atoms with van der Waals surface area (Å²) in [5.74, 6) is -0.350. The smallest absolute Gasteiger partial charge is 0.295 e. The Balaban J connectivity index is 1.76. The van der Waals surface area contributed by atoms with Gasteiger partial charge in [-0.25, -0.2) is 14.1 Å². The van der Waals surface area contributed by atoms with Gasteiger partial charge >= 0.3 is 0 Å². The van der Waals surface area contributed by atoms with Crippen LogP contribution < -0.4 is 5.32 Å². The first-order valence-electron chi connectivity index (χ1n) is 8.87. The summed E-state index contributed by atoms with van der Waals surface area (Å²) in [6.07, 6.45) is 0. The zero-order valence-electron chi connectivity index (χ0n) is 15.4. The van der Waals surface area contributed by atoms with Gasteiger partial charge in [-0.3, -0.25) is 4.79 Å². The number of hydrogen-bond donors (Lipinski definition) is 1. The number of halogens is 2. The molecule has 1 N–H and O–H groups in total. The van der Waals surface area contributed by atoms with Gasteiger partial charge in [-0.15, -0.1) is 5.10 Å². The number of anilines is 1. The van der Waals surface area contributed by atoms with Crippen LogP contribution in [0.5, 0.6) is 0 Å². The number of nitrogens with zero attached hydrogens (tertiary/aromatic N) is 3. The molecular weight excluding hydrogens is 391 g/mol. The number of aromatic nitrogens is 3. The minimum absolute atomic E-state index is 0.00234. The van der Waals surface area contributed by atoms with Gasteiger partial charge in [0, 0.05) is 16.3 Å². The van der Waals surface area contributed by atoms with Crippen molar-refractivity contribution in [3.63, 3.8) is 0 Å². The molecule has 7 heteroatoms.